The SMILES string of the molecule is CN=C(NCc1cccc(CN2CCC(C)CC2)c1)NC(C)(C)C.I. The zero-order chi connectivity index (χ0) is 17.6. The van der Waals surface area contributed by atoms with Crippen molar-refractivity contribution < 1.29 is 0 Å². The summed E-state index contributed by atoms with van der Waals surface area (Å²) >= 11 is 0. The Morgan fingerprint density at radius 1 is 1.20 bits per heavy atom. The Kier molecular flexibility index (Phi) is 9.21. The molecule has 0 atom stereocenters. The quantitative estimate of drug-likeness (QED) is 0.407. The van der Waals surface area contributed by atoms with E-state index in [0.717, 1.165) is 25.0 Å². The molecule has 1 saturated heterocycles. The van der Waals surface area contributed by atoms with Gasteiger partial charge in [0.05, 0.1) is 0 Å². The molecule has 0 aliphatic carbocycles. The number of guanidine groups is 1. The third-order valence-corrected chi connectivity index (χ3v) is 4.45. The van der Waals surface area contributed by atoms with Crippen molar-refractivity contribution >= 4 is 29.9 Å². The van der Waals surface area contributed by atoms with E-state index in [1.165, 1.54) is 37.1 Å². The lowest BCUT2D eigenvalue weighted by molar-refractivity contribution is 0.185. The van der Waals surface area contributed by atoms with Gasteiger partial charge >= 0.3 is 0 Å². The molecule has 0 bridgehead atoms. The summed E-state index contributed by atoms with van der Waals surface area (Å²) in [7, 11) is 1.81. The average molecular weight is 458 g/mol. The molecule has 1 aliphatic heterocycles. The van der Waals surface area contributed by atoms with Gasteiger partial charge in [-0.2, -0.15) is 0 Å². The predicted molar refractivity (Wildman–Crippen MR) is 119 cm³/mol. The van der Waals surface area contributed by atoms with Crippen molar-refractivity contribution in [2.45, 2.75) is 59.2 Å². The van der Waals surface area contributed by atoms with E-state index in [4.69, 9.17) is 0 Å². The van der Waals surface area contributed by atoms with Crippen molar-refractivity contribution in [2.75, 3.05) is 20.1 Å². The lowest BCUT2D eigenvalue weighted by atomic mass is 9.98. The molecule has 1 aromatic rings. The smallest absolute Gasteiger partial charge is 0.191 e. The molecule has 25 heavy (non-hydrogen) atoms. The maximum Gasteiger partial charge on any atom is 0.191 e. The summed E-state index contributed by atoms with van der Waals surface area (Å²) in [5.41, 5.74) is 2.71. The van der Waals surface area contributed by atoms with Crippen molar-refractivity contribution in [3.63, 3.8) is 0 Å². The highest BCUT2D eigenvalue weighted by atomic mass is 127. The monoisotopic (exact) mass is 458 g/mol. The summed E-state index contributed by atoms with van der Waals surface area (Å²) in [4.78, 5) is 6.87. The molecule has 1 heterocycles. The Labute approximate surface area is 170 Å². The minimum atomic E-state index is 0. The van der Waals surface area contributed by atoms with E-state index in [1.807, 2.05) is 7.05 Å². The van der Waals surface area contributed by atoms with Crippen molar-refractivity contribution in [2.24, 2.45) is 10.9 Å². The first kappa shape index (κ1) is 22.2. The molecule has 5 heteroatoms. The number of rotatable bonds is 4. The van der Waals surface area contributed by atoms with Gasteiger partial charge in [-0.1, -0.05) is 31.2 Å². The largest absolute Gasteiger partial charge is 0.352 e. The molecular weight excluding hydrogens is 423 g/mol. The van der Waals surface area contributed by atoms with Gasteiger partial charge in [-0.3, -0.25) is 9.89 Å². The van der Waals surface area contributed by atoms with Crippen LogP contribution in [0.4, 0.5) is 0 Å². The maximum atomic E-state index is 4.30. The number of nitrogens with zero attached hydrogens (tertiary/aromatic N) is 2. The normalized spacial score (nSPS) is 17.1. The molecule has 1 fully saturated rings. The number of hydrogen-bond donors (Lipinski definition) is 2. The van der Waals surface area contributed by atoms with Crippen LogP contribution in [0.3, 0.4) is 0 Å². The first-order valence-corrected chi connectivity index (χ1v) is 9.15. The Bertz CT molecular complexity index is 543. The molecule has 0 unspecified atom stereocenters. The van der Waals surface area contributed by atoms with Gasteiger partial charge in [-0.25, -0.2) is 0 Å². The summed E-state index contributed by atoms with van der Waals surface area (Å²) in [5.74, 6) is 1.73. The molecule has 2 N–H and O–H groups in total. The van der Waals surface area contributed by atoms with Crippen LogP contribution < -0.4 is 10.6 Å². The maximum absolute atomic E-state index is 4.30. The van der Waals surface area contributed by atoms with Gasteiger partial charge in [0.1, 0.15) is 0 Å². The van der Waals surface area contributed by atoms with Gasteiger partial charge in [0.2, 0.25) is 0 Å². The van der Waals surface area contributed by atoms with Crippen LogP contribution in [0.1, 0.15) is 51.7 Å². The second-order valence-electron chi connectivity index (χ2n) is 8.08. The molecule has 0 aromatic heterocycles. The van der Waals surface area contributed by atoms with Gasteiger partial charge < -0.3 is 10.6 Å². The van der Waals surface area contributed by atoms with Crippen LogP contribution in [-0.4, -0.2) is 36.5 Å². The molecule has 0 saturated carbocycles. The third-order valence-electron chi connectivity index (χ3n) is 4.45. The molecule has 4 nitrogen and oxygen atoms in total. The predicted octanol–water partition coefficient (Wildman–Crippen LogP) is 4.00. The number of aliphatic imine (C=N–C) groups is 1. The highest BCUT2D eigenvalue weighted by molar-refractivity contribution is 14.0. The van der Waals surface area contributed by atoms with Crippen LogP contribution in [0.15, 0.2) is 29.3 Å². The fourth-order valence-electron chi connectivity index (χ4n) is 3.04. The zero-order valence-electron chi connectivity index (χ0n) is 16.4. The van der Waals surface area contributed by atoms with Gasteiger partial charge in [-0.15, -0.1) is 24.0 Å². The van der Waals surface area contributed by atoms with Crippen LogP contribution in [0.25, 0.3) is 0 Å². The van der Waals surface area contributed by atoms with Gasteiger partial charge in [0.15, 0.2) is 5.96 Å². The van der Waals surface area contributed by atoms with Crippen LogP contribution in [0.2, 0.25) is 0 Å². The van der Waals surface area contributed by atoms with Gasteiger partial charge in [0, 0.05) is 25.7 Å². The van der Waals surface area contributed by atoms with E-state index in [2.05, 4.69) is 72.5 Å². The number of nitrogens with one attached hydrogen (secondary N) is 2. The van der Waals surface area contributed by atoms with E-state index in [9.17, 15) is 0 Å². The number of benzene rings is 1. The molecule has 1 aromatic carbocycles. The lowest BCUT2D eigenvalue weighted by Crippen LogP contribution is -2.47. The molecule has 142 valence electrons. The summed E-state index contributed by atoms with van der Waals surface area (Å²) in [5, 5.41) is 6.80. The first-order valence-electron chi connectivity index (χ1n) is 9.15. The molecule has 0 amide bonds. The van der Waals surface area contributed by atoms with Crippen molar-refractivity contribution in [3.8, 4) is 0 Å². The fraction of sp³-hybridized carbons (Fsp3) is 0.650. The number of likely N-dealkylation sites (tertiary alicyclic amines) is 1. The first-order chi connectivity index (χ1) is 11.4. The second kappa shape index (κ2) is 10.4. The number of piperidine rings is 1. The highest BCUT2D eigenvalue weighted by Crippen LogP contribution is 2.18. The Morgan fingerprint density at radius 2 is 1.84 bits per heavy atom. The number of hydrogen-bond acceptors (Lipinski definition) is 2. The Morgan fingerprint density at radius 3 is 2.44 bits per heavy atom. The van der Waals surface area contributed by atoms with Crippen molar-refractivity contribution in [3.05, 3.63) is 35.4 Å². The fourth-order valence-corrected chi connectivity index (χ4v) is 3.04. The molecular formula is C20H35IN4. The zero-order valence-corrected chi connectivity index (χ0v) is 18.8. The standard InChI is InChI=1S/C20H34N4.HI/c1-16-9-11-24(12-10-16)15-18-8-6-7-17(13-18)14-22-19(21-5)23-20(2,3)4;/h6-8,13,16H,9-12,14-15H2,1-5H3,(H2,21,22,23);1H. The van der Waals surface area contributed by atoms with Gasteiger partial charge in [-0.05, 0) is 63.7 Å². The third kappa shape index (κ3) is 8.40. The van der Waals surface area contributed by atoms with Gasteiger partial charge in [0.25, 0.3) is 0 Å². The van der Waals surface area contributed by atoms with Crippen LogP contribution >= 0.6 is 24.0 Å². The van der Waals surface area contributed by atoms with Crippen LogP contribution in [0, 0.1) is 5.92 Å². The lowest BCUT2D eigenvalue weighted by Gasteiger charge is -2.30. The average Bonchev–Trinajstić information content (AvgIpc) is 2.53. The van der Waals surface area contributed by atoms with Crippen molar-refractivity contribution in [1.82, 2.24) is 15.5 Å². The highest BCUT2D eigenvalue weighted by Gasteiger charge is 2.16. The summed E-state index contributed by atoms with van der Waals surface area (Å²) < 4.78 is 0. The van der Waals surface area contributed by atoms with Crippen LogP contribution in [0.5, 0.6) is 0 Å². The molecule has 2 rings (SSSR count). The minimum Gasteiger partial charge on any atom is -0.352 e. The summed E-state index contributed by atoms with van der Waals surface area (Å²) in [6.07, 6.45) is 2.66. The van der Waals surface area contributed by atoms with E-state index < -0.39 is 0 Å². The second-order valence-corrected chi connectivity index (χ2v) is 8.08. The Hall–Kier alpha value is -0.820. The van der Waals surface area contributed by atoms with E-state index >= 15 is 0 Å². The minimum absolute atomic E-state index is 0. The number of halogens is 1. The van der Waals surface area contributed by atoms with E-state index in [1.54, 1.807) is 0 Å². The Balaban J connectivity index is 0.00000312. The molecule has 0 radical (unpaired) electrons. The summed E-state index contributed by atoms with van der Waals surface area (Å²) in [6.45, 7) is 13.1. The van der Waals surface area contributed by atoms with Crippen molar-refractivity contribution in [1.29, 1.82) is 0 Å². The topological polar surface area (TPSA) is 39.7 Å². The molecule has 1 aliphatic rings. The summed E-state index contributed by atoms with van der Waals surface area (Å²) in [6, 6.07) is 8.90. The van der Waals surface area contributed by atoms with Crippen LogP contribution in [-0.2, 0) is 13.1 Å². The molecule has 0 spiro atoms. The van der Waals surface area contributed by atoms with E-state index in [0.29, 0.717) is 0 Å². The van der Waals surface area contributed by atoms with E-state index in [-0.39, 0.29) is 29.5 Å².